The van der Waals surface area contributed by atoms with E-state index in [9.17, 15) is 4.79 Å². The third-order valence-corrected chi connectivity index (χ3v) is 11.1. The van der Waals surface area contributed by atoms with Crippen molar-refractivity contribution in [1.29, 1.82) is 0 Å². The van der Waals surface area contributed by atoms with Crippen LogP contribution in [0.15, 0.2) is 54.6 Å². The van der Waals surface area contributed by atoms with Crippen molar-refractivity contribution >= 4 is 11.8 Å². The number of hydrogen-bond acceptors (Lipinski definition) is 10. The summed E-state index contributed by atoms with van der Waals surface area (Å²) in [6, 6.07) is 18.3. The largest absolute Gasteiger partial charge is 0.493 e. The van der Waals surface area contributed by atoms with Gasteiger partial charge in [0.2, 0.25) is 5.75 Å². The summed E-state index contributed by atoms with van der Waals surface area (Å²) in [6.45, 7) is 5.82. The standard InChI is InChI=1S/C43H49N3O8/c1-25(2)24-52-43(47)46-33-23-36(49-5)37-21-29(33)18-34-40-28(15-17-45(34)46)20-39(50-6)41(51-7)42(40)54-38-22-31-27(19-35(38)48-4)14-16-44(3)32(31)13-10-26-8-11-30(53-37)12-9-26/h8-9,11-12,19-23,25,32,34H,10,13-18,24H2,1-7H3/t32-,34-/m0/s1. The van der Waals surface area contributed by atoms with Gasteiger partial charge >= 0.3 is 6.09 Å². The van der Waals surface area contributed by atoms with Crippen LogP contribution in [0.2, 0.25) is 0 Å². The van der Waals surface area contributed by atoms with Crippen molar-refractivity contribution in [2.45, 2.75) is 58.0 Å². The molecule has 0 fully saturated rings. The number of benzene rings is 4. The zero-order valence-electron chi connectivity index (χ0n) is 32.2. The number of methoxy groups -OCH3 is 4. The molecule has 0 saturated heterocycles. The molecule has 9 rings (SSSR count). The molecule has 0 unspecified atom stereocenters. The molecule has 0 radical (unpaired) electrons. The van der Waals surface area contributed by atoms with Gasteiger partial charge in [-0.05, 0) is 109 Å². The number of rotatable bonds is 6. The number of aryl methyl sites for hydroxylation is 1. The van der Waals surface area contributed by atoms with Crippen LogP contribution in [-0.4, -0.2) is 71.2 Å². The van der Waals surface area contributed by atoms with Gasteiger partial charge < -0.3 is 33.2 Å². The van der Waals surface area contributed by atoms with E-state index in [-0.39, 0.29) is 24.6 Å². The lowest BCUT2D eigenvalue weighted by atomic mass is 9.86. The fraction of sp³-hybridized carbons (Fsp3) is 0.419. The Morgan fingerprint density at radius 1 is 0.778 bits per heavy atom. The van der Waals surface area contributed by atoms with Gasteiger partial charge in [-0.1, -0.05) is 26.0 Å². The van der Waals surface area contributed by atoms with E-state index < -0.39 is 6.09 Å². The smallest absolute Gasteiger partial charge is 0.429 e. The highest BCUT2D eigenvalue weighted by atomic mass is 16.6. The molecule has 4 aromatic carbocycles. The Balaban J connectivity index is 1.37. The van der Waals surface area contributed by atoms with Crippen LogP contribution in [0.25, 0.3) is 0 Å². The summed E-state index contributed by atoms with van der Waals surface area (Å²) in [5, 5.41) is 3.75. The summed E-state index contributed by atoms with van der Waals surface area (Å²) < 4.78 is 43.5. The number of amides is 1. The fourth-order valence-electron chi connectivity index (χ4n) is 8.44. The Morgan fingerprint density at radius 2 is 1.48 bits per heavy atom. The van der Waals surface area contributed by atoms with E-state index in [1.54, 1.807) is 33.4 Å². The molecule has 11 heteroatoms. The number of hydrazine groups is 1. The maximum atomic E-state index is 14.2. The summed E-state index contributed by atoms with van der Waals surface area (Å²) in [7, 11) is 8.75. The van der Waals surface area contributed by atoms with Crippen molar-refractivity contribution in [3.63, 3.8) is 0 Å². The second kappa shape index (κ2) is 14.6. The van der Waals surface area contributed by atoms with Crippen molar-refractivity contribution in [3.05, 3.63) is 88.0 Å². The minimum absolute atomic E-state index is 0.159. The van der Waals surface area contributed by atoms with Gasteiger partial charge in [0.15, 0.2) is 34.5 Å². The summed E-state index contributed by atoms with van der Waals surface area (Å²) in [6.07, 6.45) is 3.41. The van der Waals surface area contributed by atoms with E-state index in [2.05, 4.69) is 41.2 Å². The van der Waals surface area contributed by atoms with Gasteiger partial charge in [-0.25, -0.2) is 14.8 Å². The molecule has 0 aliphatic carbocycles. The quantitative estimate of drug-likeness (QED) is 0.192. The van der Waals surface area contributed by atoms with E-state index in [0.29, 0.717) is 71.1 Å². The molecule has 284 valence electrons. The van der Waals surface area contributed by atoms with Crippen LogP contribution in [0.4, 0.5) is 10.5 Å². The summed E-state index contributed by atoms with van der Waals surface area (Å²) in [5.41, 5.74) is 7.24. The Labute approximate surface area is 317 Å². The number of fused-ring (bicyclic) bond motifs is 3. The molecule has 0 spiro atoms. The molecule has 2 atom stereocenters. The van der Waals surface area contributed by atoms with E-state index in [0.717, 1.165) is 42.5 Å². The predicted molar refractivity (Wildman–Crippen MR) is 205 cm³/mol. The molecule has 5 aliphatic rings. The highest BCUT2D eigenvalue weighted by molar-refractivity contribution is 5.89. The molecular weight excluding hydrogens is 686 g/mol. The number of likely N-dealkylation sites (N-methyl/N-ethyl adjacent to an activating group) is 1. The zero-order valence-corrected chi connectivity index (χ0v) is 32.2. The number of ether oxygens (including phenoxy) is 7. The van der Waals surface area contributed by atoms with Crippen LogP contribution in [0.1, 0.15) is 65.7 Å². The first kappa shape index (κ1) is 35.9. The van der Waals surface area contributed by atoms with Gasteiger partial charge in [0.05, 0.1) is 46.8 Å². The van der Waals surface area contributed by atoms with Crippen LogP contribution >= 0.6 is 0 Å². The van der Waals surface area contributed by atoms with Crippen LogP contribution < -0.4 is 33.4 Å². The minimum atomic E-state index is -0.461. The van der Waals surface area contributed by atoms with Crippen molar-refractivity contribution in [2.24, 2.45) is 5.92 Å². The van der Waals surface area contributed by atoms with E-state index in [1.807, 2.05) is 44.2 Å². The van der Waals surface area contributed by atoms with Crippen molar-refractivity contribution in [3.8, 4) is 46.0 Å². The first-order valence-electron chi connectivity index (χ1n) is 18.8. The maximum Gasteiger partial charge on any atom is 0.429 e. The first-order chi connectivity index (χ1) is 26.2. The summed E-state index contributed by atoms with van der Waals surface area (Å²) >= 11 is 0. The number of carbonyl (C=O) groups excluding carboxylic acids is 1. The van der Waals surface area contributed by atoms with Crippen LogP contribution in [0.3, 0.4) is 0 Å². The van der Waals surface area contributed by atoms with Gasteiger partial charge in [0, 0.05) is 30.8 Å². The molecule has 0 saturated carbocycles. The second-order valence-corrected chi connectivity index (χ2v) is 14.9. The third-order valence-electron chi connectivity index (χ3n) is 11.1. The molecule has 5 heterocycles. The topological polar surface area (TPSA) is 91.4 Å². The molecule has 0 aromatic heterocycles. The van der Waals surface area contributed by atoms with Gasteiger partial charge in [0.1, 0.15) is 5.75 Å². The molecule has 5 aliphatic heterocycles. The monoisotopic (exact) mass is 735 g/mol. The Kier molecular flexibility index (Phi) is 9.70. The highest BCUT2D eigenvalue weighted by Crippen LogP contribution is 2.54. The molecule has 1 amide bonds. The van der Waals surface area contributed by atoms with Crippen LogP contribution in [0.5, 0.6) is 46.0 Å². The number of anilines is 1. The molecular formula is C43H49N3O8. The Morgan fingerprint density at radius 3 is 2.20 bits per heavy atom. The van der Waals surface area contributed by atoms with Gasteiger partial charge in [-0.15, -0.1) is 0 Å². The van der Waals surface area contributed by atoms with Gasteiger partial charge in [0.25, 0.3) is 0 Å². The molecule has 7 bridgehead atoms. The van der Waals surface area contributed by atoms with E-state index in [4.69, 9.17) is 33.2 Å². The molecule has 4 aromatic rings. The maximum absolute atomic E-state index is 14.2. The van der Waals surface area contributed by atoms with E-state index >= 15 is 0 Å². The average Bonchev–Trinajstić information content (AvgIpc) is 3.18. The lowest BCUT2D eigenvalue weighted by Crippen LogP contribution is -2.55. The summed E-state index contributed by atoms with van der Waals surface area (Å²) in [5.74, 6) is 4.74. The number of nitrogens with zero attached hydrogens (tertiary/aromatic N) is 3. The highest BCUT2D eigenvalue weighted by Gasteiger charge is 2.44. The van der Waals surface area contributed by atoms with Crippen LogP contribution in [0, 0.1) is 5.92 Å². The normalized spacial score (nSPS) is 18.9. The fourth-order valence-corrected chi connectivity index (χ4v) is 8.44. The van der Waals surface area contributed by atoms with Crippen molar-refractivity contribution in [1.82, 2.24) is 9.91 Å². The Hall–Kier alpha value is -5.13. The molecule has 0 N–H and O–H groups in total. The third kappa shape index (κ3) is 6.32. The van der Waals surface area contributed by atoms with Crippen LogP contribution in [-0.2, 0) is 30.4 Å². The summed E-state index contributed by atoms with van der Waals surface area (Å²) in [4.78, 5) is 16.6. The minimum Gasteiger partial charge on any atom is -0.493 e. The molecule has 11 nitrogen and oxygen atoms in total. The first-order valence-corrected chi connectivity index (χ1v) is 18.8. The number of hydrogen-bond donors (Lipinski definition) is 0. The van der Waals surface area contributed by atoms with Gasteiger partial charge in [-0.2, -0.15) is 0 Å². The Bertz CT molecular complexity index is 2070. The average molecular weight is 736 g/mol. The van der Waals surface area contributed by atoms with Crippen molar-refractivity contribution in [2.75, 3.05) is 60.2 Å². The SMILES string of the molecule is COc1cc2c3cc1Oc1ccc(cc1)CC[C@H]1c4cc(c(OC)cc4CCN1C)Oc1c(OC)c(OC)cc4c1[C@H](C3)N(CC4)N2C(=O)OCC(C)C. The number of carbonyl (C=O) groups is 1. The van der Waals surface area contributed by atoms with E-state index in [1.165, 1.54) is 16.7 Å². The molecule has 54 heavy (non-hydrogen) atoms. The zero-order chi connectivity index (χ0) is 37.7. The lowest BCUT2D eigenvalue weighted by Gasteiger charge is -2.47. The lowest BCUT2D eigenvalue weighted by molar-refractivity contribution is 0.0946. The van der Waals surface area contributed by atoms with Crippen molar-refractivity contribution < 1.29 is 38.0 Å². The predicted octanol–water partition coefficient (Wildman–Crippen LogP) is 8.45. The second-order valence-electron chi connectivity index (χ2n) is 14.9. The van der Waals surface area contributed by atoms with Gasteiger partial charge in [-0.3, -0.25) is 4.90 Å².